The molecular formula is C20H22ClN3O2. The van der Waals surface area contributed by atoms with Gasteiger partial charge in [-0.1, -0.05) is 24.1 Å². The Bertz CT molecular complexity index is 790. The van der Waals surface area contributed by atoms with E-state index in [0.29, 0.717) is 10.7 Å². The summed E-state index contributed by atoms with van der Waals surface area (Å²) < 4.78 is 5.22. The van der Waals surface area contributed by atoms with Crippen molar-refractivity contribution < 1.29 is 9.53 Å². The molecule has 0 spiro atoms. The van der Waals surface area contributed by atoms with Crippen LogP contribution in [0.1, 0.15) is 25.7 Å². The van der Waals surface area contributed by atoms with Crippen molar-refractivity contribution in [2.75, 3.05) is 23.9 Å². The molecule has 1 aliphatic rings. The van der Waals surface area contributed by atoms with Crippen LogP contribution in [0.15, 0.2) is 53.5 Å². The SMILES string of the molecule is COc1ccc(N(C(=O)Nc2cccc(Cl)c2)C2=NCCCCC2)cc1. The average Bonchev–Trinajstić information content (AvgIpc) is 2.92. The number of benzene rings is 2. The van der Waals surface area contributed by atoms with E-state index in [2.05, 4.69) is 10.3 Å². The molecule has 1 heterocycles. The second-order valence-electron chi connectivity index (χ2n) is 6.08. The van der Waals surface area contributed by atoms with Gasteiger partial charge in [-0.25, -0.2) is 4.79 Å². The number of halogens is 1. The van der Waals surface area contributed by atoms with Crippen LogP contribution >= 0.6 is 11.6 Å². The molecule has 0 saturated heterocycles. The molecule has 0 fully saturated rings. The third-order valence-corrected chi connectivity index (χ3v) is 4.46. The number of urea groups is 1. The lowest BCUT2D eigenvalue weighted by Gasteiger charge is -2.25. The highest BCUT2D eigenvalue weighted by atomic mass is 35.5. The first-order chi connectivity index (χ1) is 12.7. The Balaban J connectivity index is 1.90. The van der Waals surface area contributed by atoms with Gasteiger partial charge < -0.3 is 10.1 Å². The van der Waals surface area contributed by atoms with Crippen molar-refractivity contribution in [1.82, 2.24) is 0 Å². The monoisotopic (exact) mass is 371 g/mol. The van der Waals surface area contributed by atoms with Crippen LogP contribution in [0.4, 0.5) is 16.2 Å². The number of ether oxygens (including phenoxy) is 1. The number of rotatable bonds is 3. The number of anilines is 2. The van der Waals surface area contributed by atoms with Gasteiger partial charge in [-0.15, -0.1) is 0 Å². The number of amides is 2. The van der Waals surface area contributed by atoms with E-state index >= 15 is 0 Å². The molecule has 0 saturated carbocycles. The number of carbonyl (C=O) groups is 1. The molecule has 26 heavy (non-hydrogen) atoms. The van der Waals surface area contributed by atoms with Crippen LogP contribution in [-0.4, -0.2) is 25.5 Å². The number of nitrogens with one attached hydrogen (secondary N) is 1. The Hall–Kier alpha value is -2.53. The van der Waals surface area contributed by atoms with Gasteiger partial charge in [0.15, 0.2) is 0 Å². The summed E-state index contributed by atoms with van der Waals surface area (Å²) in [4.78, 5) is 19.3. The Labute approximate surface area is 158 Å². The molecule has 2 aromatic carbocycles. The highest BCUT2D eigenvalue weighted by Gasteiger charge is 2.22. The number of methoxy groups -OCH3 is 1. The Morgan fingerprint density at radius 3 is 2.69 bits per heavy atom. The van der Waals surface area contributed by atoms with Crippen molar-refractivity contribution >= 4 is 34.8 Å². The highest BCUT2D eigenvalue weighted by Crippen LogP contribution is 2.24. The van der Waals surface area contributed by atoms with E-state index in [0.717, 1.165) is 49.5 Å². The van der Waals surface area contributed by atoms with Gasteiger partial charge in [-0.3, -0.25) is 9.89 Å². The van der Waals surface area contributed by atoms with E-state index in [1.165, 1.54) is 0 Å². The molecule has 1 N–H and O–H groups in total. The van der Waals surface area contributed by atoms with Crippen molar-refractivity contribution in [3.8, 4) is 5.75 Å². The van der Waals surface area contributed by atoms with Crippen molar-refractivity contribution in [2.24, 2.45) is 4.99 Å². The van der Waals surface area contributed by atoms with Gasteiger partial charge in [0.05, 0.1) is 12.8 Å². The normalized spacial score (nSPS) is 14.2. The summed E-state index contributed by atoms with van der Waals surface area (Å²) in [6.07, 6.45) is 3.97. The van der Waals surface area contributed by atoms with Crippen molar-refractivity contribution in [3.05, 3.63) is 53.6 Å². The molecule has 0 aromatic heterocycles. The lowest BCUT2D eigenvalue weighted by Crippen LogP contribution is -2.40. The summed E-state index contributed by atoms with van der Waals surface area (Å²) in [6.45, 7) is 0.742. The zero-order valence-corrected chi connectivity index (χ0v) is 15.5. The Kier molecular flexibility index (Phi) is 6.12. The minimum absolute atomic E-state index is 0.252. The molecule has 0 atom stereocenters. The van der Waals surface area contributed by atoms with Gasteiger partial charge in [0, 0.05) is 23.7 Å². The van der Waals surface area contributed by atoms with Crippen LogP contribution in [0.25, 0.3) is 0 Å². The van der Waals surface area contributed by atoms with Crippen LogP contribution in [-0.2, 0) is 0 Å². The Morgan fingerprint density at radius 2 is 1.96 bits per heavy atom. The first-order valence-electron chi connectivity index (χ1n) is 8.71. The molecule has 1 aliphatic heterocycles. The fraction of sp³-hybridized carbons (Fsp3) is 0.300. The van der Waals surface area contributed by atoms with Crippen LogP contribution < -0.4 is 15.0 Å². The minimum atomic E-state index is -0.252. The maximum atomic E-state index is 13.1. The zero-order valence-electron chi connectivity index (χ0n) is 14.7. The number of carbonyl (C=O) groups excluding carboxylic acids is 1. The van der Waals surface area contributed by atoms with Gasteiger partial charge in [0.1, 0.15) is 11.6 Å². The zero-order chi connectivity index (χ0) is 18.4. The fourth-order valence-corrected chi connectivity index (χ4v) is 3.09. The van der Waals surface area contributed by atoms with E-state index < -0.39 is 0 Å². The smallest absolute Gasteiger partial charge is 0.331 e. The van der Waals surface area contributed by atoms with Gasteiger partial charge in [-0.2, -0.15) is 0 Å². The summed E-state index contributed by atoms with van der Waals surface area (Å²) in [7, 11) is 1.62. The van der Waals surface area contributed by atoms with Crippen molar-refractivity contribution in [1.29, 1.82) is 0 Å². The molecule has 136 valence electrons. The van der Waals surface area contributed by atoms with Crippen LogP contribution in [0.5, 0.6) is 5.75 Å². The van der Waals surface area contributed by atoms with Crippen molar-refractivity contribution in [2.45, 2.75) is 25.7 Å². The second-order valence-corrected chi connectivity index (χ2v) is 6.52. The topological polar surface area (TPSA) is 53.9 Å². The molecule has 0 bridgehead atoms. The maximum absolute atomic E-state index is 13.1. The fourth-order valence-electron chi connectivity index (χ4n) is 2.90. The molecular weight excluding hydrogens is 350 g/mol. The summed E-state index contributed by atoms with van der Waals surface area (Å²) in [6, 6.07) is 14.3. The lowest BCUT2D eigenvalue weighted by molar-refractivity contribution is 0.259. The quantitative estimate of drug-likeness (QED) is 0.789. The van der Waals surface area contributed by atoms with E-state index in [1.54, 1.807) is 30.2 Å². The maximum Gasteiger partial charge on any atom is 0.331 e. The number of hydrogen-bond acceptors (Lipinski definition) is 3. The van der Waals surface area contributed by atoms with Gasteiger partial charge in [-0.05, 0) is 55.3 Å². The van der Waals surface area contributed by atoms with Crippen LogP contribution in [0.3, 0.4) is 0 Å². The molecule has 2 amide bonds. The number of aliphatic imine (C=N–C) groups is 1. The van der Waals surface area contributed by atoms with E-state index in [1.807, 2.05) is 30.3 Å². The number of amidine groups is 1. The lowest BCUT2D eigenvalue weighted by atomic mass is 10.2. The molecule has 6 heteroatoms. The third kappa shape index (κ3) is 4.55. The first-order valence-corrected chi connectivity index (χ1v) is 9.09. The van der Waals surface area contributed by atoms with Gasteiger partial charge >= 0.3 is 6.03 Å². The highest BCUT2D eigenvalue weighted by molar-refractivity contribution is 6.31. The van der Waals surface area contributed by atoms with Gasteiger partial charge in [0.25, 0.3) is 0 Å². The molecule has 0 radical (unpaired) electrons. The summed E-state index contributed by atoms with van der Waals surface area (Å²) in [5, 5.41) is 3.49. The largest absolute Gasteiger partial charge is 0.497 e. The van der Waals surface area contributed by atoms with Crippen molar-refractivity contribution in [3.63, 3.8) is 0 Å². The third-order valence-electron chi connectivity index (χ3n) is 4.22. The predicted molar refractivity (Wildman–Crippen MR) is 107 cm³/mol. The van der Waals surface area contributed by atoms with E-state index in [9.17, 15) is 4.79 Å². The molecule has 0 aliphatic carbocycles. The molecule has 5 nitrogen and oxygen atoms in total. The Morgan fingerprint density at radius 1 is 1.15 bits per heavy atom. The van der Waals surface area contributed by atoms with Crippen LogP contribution in [0.2, 0.25) is 5.02 Å². The summed E-state index contributed by atoms with van der Waals surface area (Å²) in [5.41, 5.74) is 1.40. The van der Waals surface area contributed by atoms with E-state index in [-0.39, 0.29) is 6.03 Å². The minimum Gasteiger partial charge on any atom is -0.497 e. The standard InChI is InChI=1S/C20H22ClN3O2/c1-26-18-11-9-17(10-12-18)24(19-8-3-2-4-13-22-19)20(25)23-16-7-5-6-15(21)14-16/h5-7,9-12,14H,2-4,8,13H2,1H3,(H,23,25). The average molecular weight is 372 g/mol. The molecule has 2 aromatic rings. The summed E-state index contributed by atoms with van der Waals surface area (Å²) in [5.74, 6) is 1.53. The second kappa shape index (κ2) is 8.72. The summed E-state index contributed by atoms with van der Waals surface area (Å²) >= 11 is 6.03. The number of nitrogens with zero attached hydrogens (tertiary/aromatic N) is 2. The van der Waals surface area contributed by atoms with Crippen LogP contribution in [0, 0.1) is 0 Å². The molecule has 0 unspecified atom stereocenters. The molecule has 3 rings (SSSR count). The van der Waals surface area contributed by atoms with Gasteiger partial charge in [0.2, 0.25) is 0 Å². The van der Waals surface area contributed by atoms with E-state index in [4.69, 9.17) is 16.3 Å². The predicted octanol–water partition coefficient (Wildman–Crippen LogP) is 5.36. The number of hydrogen-bond donors (Lipinski definition) is 1. The first kappa shape index (κ1) is 18.3.